The number of primary amides is 1. The van der Waals surface area contributed by atoms with E-state index < -0.39 is 17.9 Å². The molecule has 6 N–H and O–H groups in total. The van der Waals surface area contributed by atoms with E-state index in [1.54, 1.807) is 50.2 Å². The Bertz CT molecular complexity index is 1240. The van der Waals surface area contributed by atoms with E-state index >= 15 is 0 Å². The maximum Gasteiger partial charge on any atom is 0.411 e. The SMILES string of the molecule is CC(=O)Nc1ccc(C(=O)Nc2sc(Nc3ccc(NC(=O)OC(C)C)cc3)nc2C(N)=O)cc1. The molecule has 3 aromatic rings. The van der Waals surface area contributed by atoms with Crippen molar-refractivity contribution in [2.24, 2.45) is 5.73 Å². The first-order chi connectivity index (χ1) is 16.6. The molecule has 0 aliphatic rings. The summed E-state index contributed by atoms with van der Waals surface area (Å²) in [5.41, 5.74) is 7.38. The molecule has 0 atom stereocenters. The summed E-state index contributed by atoms with van der Waals surface area (Å²) in [4.78, 5) is 51.5. The summed E-state index contributed by atoms with van der Waals surface area (Å²) in [6, 6.07) is 13.0. The van der Waals surface area contributed by atoms with Gasteiger partial charge in [0.05, 0.1) is 6.10 Å². The number of nitrogens with one attached hydrogen (secondary N) is 4. The Morgan fingerprint density at radius 3 is 2.03 bits per heavy atom. The van der Waals surface area contributed by atoms with Crippen LogP contribution in [0.25, 0.3) is 0 Å². The molecule has 12 heteroatoms. The molecular formula is C23H24N6O5S. The largest absolute Gasteiger partial charge is 0.447 e. The van der Waals surface area contributed by atoms with Gasteiger partial charge in [0, 0.05) is 29.5 Å². The quantitative estimate of drug-likeness (QED) is 0.312. The van der Waals surface area contributed by atoms with E-state index in [9.17, 15) is 19.2 Å². The number of nitrogens with two attached hydrogens (primary N) is 1. The van der Waals surface area contributed by atoms with Gasteiger partial charge < -0.3 is 26.4 Å². The predicted molar refractivity (Wildman–Crippen MR) is 134 cm³/mol. The van der Waals surface area contributed by atoms with Crippen molar-refractivity contribution >= 4 is 62.3 Å². The van der Waals surface area contributed by atoms with Crippen molar-refractivity contribution in [3.63, 3.8) is 0 Å². The van der Waals surface area contributed by atoms with E-state index in [1.165, 1.54) is 19.1 Å². The predicted octanol–water partition coefficient (Wildman–Crippen LogP) is 4.15. The van der Waals surface area contributed by atoms with Gasteiger partial charge in [-0.2, -0.15) is 0 Å². The fourth-order valence-electron chi connectivity index (χ4n) is 2.83. The van der Waals surface area contributed by atoms with Crippen LogP contribution in [0.4, 0.5) is 32.0 Å². The molecular weight excluding hydrogens is 472 g/mol. The second-order valence-corrected chi connectivity index (χ2v) is 8.55. The van der Waals surface area contributed by atoms with Gasteiger partial charge in [-0.05, 0) is 62.4 Å². The summed E-state index contributed by atoms with van der Waals surface area (Å²) >= 11 is 1.04. The lowest BCUT2D eigenvalue weighted by Crippen LogP contribution is -2.17. The van der Waals surface area contributed by atoms with Gasteiger partial charge in [-0.15, -0.1) is 0 Å². The number of amides is 4. The topological polar surface area (TPSA) is 165 Å². The molecule has 0 aliphatic heterocycles. The van der Waals surface area contributed by atoms with Crippen LogP contribution in [0.2, 0.25) is 0 Å². The van der Waals surface area contributed by atoms with Crippen LogP contribution in [0.1, 0.15) is 41.6 Å². The first-order valence-electron chi connectivity index (χ1n) is 10.4. The molecule has 182 valence electrons. The van der Waals surface area contributed by atoms with Gasteiger partial charge in [0.25, 0.3) is 11.8 Å². The fraction of sp³-hybridized carbons (Fsp3) is 0.174. The molecule has 11 nitrogen and oxygen atoms in total. The van der Waals surface area contributed by atoms with Crippen LogP contribution < -0.4 is 27.0 Å². The minimum Gasteiger partial charge on any atom is -0.447 e. The van der Waals surface area contributed by atoms with Gasteiger partial charge in [-0.3, -0.25) is 19.7 Å². The lowest BCUT2D eigenvalue weighted by molar-refractivity contribution is -0.114. The van der Waals surface area contributed by atoms with Crippen LogP contribution in [-0.2, 0) is 9.53 Å². The second-order valence-electron chi connectivity index (χ2n) is 7.56. The van der Waals surface area contributed by atoms with Gasteiger partial charge in [-0.25, -0.2) is 9.78 Å². The number of benzene rings is 2. The highest BCUT2D eigenvalue weighted by atomic mass is 32.1. The summed E-state index contributed by atoms with van der Waals surface area (Å²) in [5.74, 6) is -1.49. The van der Waals surface area contributed by atoms with E-state index in [1.807, 2.05) is 0 Å². The maximum atomic E-state index is 12.6. The Balaban J connectivity index is 1.69. The fourth-order valence-corrected chi connectivity index (χ4v) is 3.72. The minimum absolute atomic E-state index is 0.0876. The van der Waals surface area contributed by atoms with Crippen molar-refractivity contribution in [3.8, 4) is 0 Å². The maximum absolute atomic E-state index is 12.6. The van der Waals surface area contributed by atoms with E-state index in [0.29, 0.717) is 27.8 Å². The zero-order chi connectivity index (χ0) is 25.5. The van der Waals surface area contributed by atoms with Gasteiger partial charge in [0.2, 0.25) is 5.91 Å². The van der Waals surface area contributed by atoms with E-state index in [4.69, 9.17) is 10.5 Å². The molecule has 0 radical (unpaired) electrons. The third-order valence-electron chi connectivity index (χ3n) is 4.28. The summed E-state index contributed by atoms with van der Waals surface area (Å²) in [6.07, 6.45) is -0.796. The Kier molecular flexibility index (Phi) is 8.00. The Labute approximate surface area is 205 Å². The smallest absolute Gasteiger partial charge is 0.411 e. The molecule has 0 saturated heterocycles. The van der Waals surface area contributed by atoms with Gasteiger partial charge >= 0.3 is 6.09 Å². The zero-order valence-corrected chi connectivity index (χ0v) is 20.0. The van der Waals surface area contributed by atoms with Crippen LogP contribution in [0.3, 0.4) is 0 Å². The highest BCUT2D eigenvalue weighted by Crippen LogP contribution is 2.31. The van der Waals surface area contributed by atoms with Gasteiger partial charge in [0.15, 0.2) is 10.8 Å². The van der Waals surface area contributed by atoms with Crippen LogP contribution >= 0.6 is 11.3 Å². The Morgan fingerprint density at radius 2 is 1.46 bits per heavy atom. The van der Waals surface area contributed by atoms with Crippen LogP contribution in [0.5, 0.6) is 0 Å². The van der Waals surface area contributed by atoms with Crippen molar-refractivity contribution < 1.29 is 23.9 Å². The van der Waals surface area contributed by atoms with Gasteiger partial charge in [0.1, 0.15) is 5.00 Å². The number of carbonyl (C=O) groups is 4. The lowest BCUT2D eigenvalue weighted by Gasteiger charge is -2.10. The minimum atomic E-state index is -0.797. The number of carbonyl (C=O) groups excluding carboxylic acids is 4. The summed E-state index contributed by atoms with van der Waals surface area (Å²) < 4.78 is 5.03. The normalized spacial score (nSPS) is 10.4. The molecule has 0 saturated carbocycles. The average Bonchev–Trinajstić information content (AvgIpc) is 3.17. The Hall–Kier alpha value is -4.45. The van der Waals surface area contributed by atoms with Crippen molar-refractivity contribution in [3.05, 3.63) is 59.8 Å². The average molecular weight is 497 g/mol. The molecule has 1 aromatic heterocycles. The number of rotatable bonds is 8. The van der Waals surface area contributed by atoms with Crippen molar-refractivity contribution in [1.29, 1.82) is 0 Å². The third kappa shape index (κ3) is 7.27. The highest BCUT2D eigenvalue weighted by Gasteiger charge is 2.19. The standard InChI is InChI=1S/C23H24N6O5S/c1-12(2)34-23(33)27-17-10-8-16(9-11-17)26-22-28-18(19(24)31)21(35-22)29-20(32)14-4-6-15(7-5-14)25-13(3)30/h4-12H,1-3H3,(H2,24,31)(H,25,30)(H,26,28)(H,27,33)(H,29,32). The van der Waals surface area contributed by atoms with Crippen molar-refractivity contribution in [2.75, 3.05) is 21.3 Å². The number of hydrogen-bond acceptors (Lipinski definition) is 8. The summed E-state index contributed by atoms with van der Waals surface area (Å²) in [5, 5.41) is 11.4. The monoisotopic (exact) mass is 496 g/mol. The van der Waals surface area contributed by atoms with Crippen LogP contribution in [0, 0.1) is 0 Å². The van der Waals surface area contributed by atoms with E-state index in [0.717, 1.165) is 11.3 Å². The number of nitrogens with zero attached hydrogens (tertiary/aromatic N) is 1. The number of ether oxygens (including phenoxy) is 1. The molecule has 0 unspecified atom stereocenters. The highest BCUT2D eigenvalue weighted by molar-refractivity contribution is 7.20. The molecule has 0 fully saturated rings. The first-order valence-corrected chi connectivity index (χ1v) is 11.3. The Morgan fingerprint density at radius 1 is 0.886 bits per heavy atom. The van der Waals surface area contributed by atoms with Crippen molar-refractivity contribution in [1.82, 2.24) is 4.98 Å². The molecule has 0 aliphatic carbocycles. The van der Waals surface area contributed by atoms with E-state index in [-0.39, 0.29) is 22.7 Å². The molecule has 2 aromatic carbocycles. The van der Waals surface area contributed by atoms with Gasteiger partial charge in [-0.1, -0.05) is 11.3 Å². The first kappa shape index (κ1) is 25.2. The number of thiazole rings is 1. The molecule has 1 heterocycles. The molecule has 4 amide bonds. The number of anilines is 5. The molecule has 0 bridgehead atoms. The van der Waals surface area contributed by atoms with Crippen molar-refractivity contribution in [2.45, 2.75) is 26.9 Å². The zero-order valence-electron chi connectivity index (χ0n) is 19.2. The third-order valence-corrected chi connectivity index (χ3v) is 5.17. The molecule has 35 heavy (non-hydrogen) atoms. The molecule has 0 spiro atoms. The molecule has 3 rings (SSSR count). The lowest BCUT2D eigenvalue weighted by atomic mass is 10.2. The van der Waals surface area contributed by atoms with Crippen LogP contribution in [0.15, 0.2) is 48.5 Å². The van der Waals surface area contributed by atoms with E-state index in [2.05, 4.69) is 26.3 Å². The van der Waals surface area contributed by atoms with Crippen LogP contribution in [-0.4, -0.2) is 34.9 Å². The second kappa shape index (κ2) is 11.1. The summed E-state index contributed by atoms with van der Waals surface area (Å²) in [6.45, 7) is 4.89. The summed E-state index contributed by atoms with van der Waals surface area (Å²) in [7, 11) is 0. The number of hydrogen-bond donors (Lipinski definition) is 5. The number of aromatic nitrogens is 1.